The number of halogens is 1. The molecule has 16 heteroatoms. The van der Waals surface area contributed by atoms with E-state index in [0.29, 0.717) is 42.1 Å². The van der Waals surface area contributed by atoms with E-state index in [2.05, 4.69) is 58.3 Å². The van der Waals surface area contributed by atoms with Crippen molar-refractivity contribution in [2.24, 2.45) is 5.41 Å². The van der Waals surface area contributed by atoms with Crippen LogP contribution >= 0.6 is 0 Å². The molecule has 2 aliphatic carbocycles. The number of aromatic nitrogens is 2. The lowest BCUT2D eigenvalue weighted by Crippen LogP contribution is -2.55. The number of likely N-dealkylation sites (tertiary alicyclic amines) is 1. The smallest absolute Gasteiger partial charge is 0.297 e. The number of sulfonamides is 1. The molecule has 2 spiro atoms. The Kier molecular flexibility index (Phi) is 9.51. The maximum Gasteiger partial charge on any atom is 0.297 e. The summed E-state index contributed by atoms with van der Waals surface area (Å²) < 4.78 is 58.3. The van der Waals surface area contributed by atoms with Gasteiger partial charge in [0.05, 0.1) is 32.8 Å². The van der Waals surface area contributed by atoms with Crippen molar-refractivity contribution < 1.29 is 32.0 Å². The summed E-state index contributed by atoms with van der Waals surface area (Å²) in [6.45, 7) is 7.06. The molecule has 1 amide bonds. The Morgan fingerprint density at radius 3 is 2.61 bits per heavy atom. The third-order valence-corrected chi connectivity index (χ3v) is 15.0. The predicted molar refractivity (Wildman–Crippen MR) is 228 cm³/mol. The molecule has 318 valence electrons. The van der Waals surface area contributed by atoms with Gasteiger partial charge in [0.15, 0.2) is 23.0 Å². The number of anilines is 2. The first-order valence-corrected chi connectivity index (χ1v) is 22.6. The number of benzene rings is 3. The molecule has 61 heavy (non-hydrogen) atoms. The van der Waals surface area contributed by atoms with Crippen LogP contribution in [0.4, 0.5) is 21.5 Å². The Hall–Kier alpha value is -5.74. The van der Waals surface area contributed by atoms with Crippen LogP contribution in [0.3, 0.4) is 0 Å². The molecule has 4 fully saturated rings. The predicted octanol–water partition coefficient (Wildman–Crippen LogP) is 8.57. The summed E-state index contributed by atoms with van der Waals surface area (Å²) >= 11 is 0. The number of nitrogens with one attached hydrogen (secondary N) is 3. The van der Waals surface area contributed by atoms with Gasteiger partial charge in [-0.25, -0.2) is 22.5 Å². The summed E-state index contributed by atoms with van der Waals surface area (Å²) in [6, 6.07) is 18.1. The average Bonchev–Trinajstić information content (AvgIpc) is 3.56. The van der Waals surface area contributed by atoms with E-state index in [9.17, 15) is 23.3 Å². The Morgan fingerprint density at radius 2 is 1.85 bits per heavy atom. The number of nitro benzene ring substituents is 1. The molecule has 3 N–H and O–H groups in total. The molecule has 14 nitrogen and oxygen atoms in total. The third kappa shape index (κ3) is 7.12. The van der Waals surface area contributed by atoms with E-state index in [-0.39, 0.29) is 40.5 Å². The molecule has 2 saturated carbocycles. The Morgan fingerprint density at radius 1 is 1.07 bits per heavy atom. The number of carbonyl (C=O) groups excluding carboxylic acids is 1. The lowest BCUT2D eigenvalue weighted by atomic mass is 9.59. The molecular formula is C45H48FN7O7S. The van der Waals surface area contributed by atoms with Crippen LogP contribution in [-0.2, 0) is 10.0 Å². The number of fused-ring (bicyclic) bond motifs is 2. The fourth-order valence-corrected chi connectivity index (χ4v) is 11.2. The number of aromatic amines is 1. The summed E-state index contributed by atoms with van der Waals surface area (Å²) in [4.78, 5) is 36.8. The summed E-state index contributed by atoms with van der Waals surface area (Å²) in [6.07, 6.45) is 11.0. The zero-order valence-electron chi connectivity index (χ0n) is 34.1. The fourth-order valence-electron chi connectivity index (χ4n) is 10.2. The third-order valence-electron chi connectivity index (χ3n) is 13.7. The summed E-state index contributed by atoms with van der Waals surface area (Å²) in [5, 5.41) is 15.9. The van der Waals surface area contributed by atoms with Gasteiger partial charge in [-0.3, -0.25) is 19.8 Å². The monoisotopic (exact) mass is 849 g/mol. The molecule has 5 heterocycles. The molecule has 1 atom stereocenters. The highest BCUT2D eigenvalue weighted by Gasteiger charge is 2.51. The number of hydrogen-bond donors (Lipinski definition) is 3. The highest BCUT2D eigenvalue weighted by molar-refractivity contribution is 7.90. The first-order chi connectivity index (χ1) is 29.3. The second-order valence-corrected chi connectivity index (χ2v) is 19.6. The minimum atomic E-state index is -4.73. The SMILES string of the molecule is CC(C)c1ccccc1[C@@H]1CCCN1C1CC2(CCN(c3ccc(C(=O)NS(=O)(=O)c4cc5c(c([N+](=O)[O-])c4)NC4(CC4)CO5)c(Oc4cnc5[nH]ccc5c4)c3F)CC2)C1. The van der Waals surface area contributed by atoms with Gasteiger partial charge in [0, 0.05) is 48.9 Å². The van der Waals surface area contributed by atoms with Crippen LogP contribution in [0.25, 0.3) is 11.0 Å². The van der Waals surface area contributed by atoms with Gasteiger partial charge < -0.3 is 24.7 Å². The van der Waals surface area contributed by atoms with Crippen molar-refractivity contribution in [2.45, 2.75) is 93.7 Å². The number of carbonyl (C=O) groups is 1. The van der Waals surface area contributed by atoms with E-state index < -0.39 is 48.5 Å². The normalized spacial score (nSPS) is 20.6. The second-order valence-electron chi connectivity index (χ2n) is 17.9. The quantitative estimate of drug-likeness (QED) is 0.0908. The first-order valence-electron chi connectivity index (χ1n) is 21.1. The molecule has 3 aliphatic heterocycles. The number of nitro groups is 1. The molecule has 0 bridgehead atoms. The van der Waals surface area contributed by atoms with Crippen molar-refractivity contribution in [1.82, 2.24) is 19.6 Å². The summed E-state index contributed by atoms with van der Waals surface area (Å²) in [5.41, 5.74) is 2.68. The van der Waals surface area contributed by atoms with E-state index >= 15 is 4.39 Å². The lowest BCUT2D eigenvalue weighted by molar-refractivity contribution is -0.384. The van der Waals surface area contributed by atoms with E-state index in [4.69, 9.17) is 9.47 Å². The molecule has 3 aromatic carbocycles. The number of nitrogens with zero attached hydrogens (tertiary/aromatic N) is 4. The van der Waals surface area contributed by atoms with Gasteiger partial charge >= 0.3 is 0 Å². The Balaban J connectivity index is 0.888. The average molecular weight is 850 g/mol. The zero-order valence-corrected chi connectivity index (χ0v) is 34.9. The topological polar surface area (TPSA) is 172 Å². The molecule has 5 aromatic rings. The van der Waals surface area contributed by atoms with Crippen LogP contribution in [0.5, 0.6) is 17.2 Å². The second kappa shape index (κ2) is 14.7. The van der Waals surface area contributed by atoms with E-state index in [0.717, 1.165) is 57.2 Å². The van der Waals surface area contributed by atoms with E-state index in [1.54, 1.807) is 18.3 Å². The minimum absolute atomic E-state index is 0.0139. The highest BCUT2D eigenvalue weighted by Crippen LogP contribution is 2.55. The van der Waals surface area contributed by atoms with Crippen molar-refractivity contribution in [3.05, 3.63) is 106 Å². The molecule has 2 saturated heterocycles. The number of piperidine rings is 1. The van der Waals surface area contributed by atoms with Crippen molar-refractivity contribution in [2.75, 3.05) is 36.5 Å². The van der Waals surface area contributed by atoms with Crippen molar-refractivity contribution in [1.29, 1.82) is 0 Å². The summed E-state index contributed by atoms with van der Waals surface area (Å²) in [7, 11) is -4.73. The Bertz CT molecular complexity index is 2680. The van der Waals surface area contributed by atoms with Crippen LogP contribution < -0.4 is 24.4 Å². The van der Waals surface area contributed by atoms with Gasteiger partial charge in [-0.05, 0) is 105 Å². The van der Waals surface area contributed by atoms with Crippen LogP contribution in [0.15, 0.2) is 78.0 Å². The van der Waals surface area contributed by atoms with Crippen molar-refractivity contribution in [3.63, 3.8) is 0 Å². The van der Waals surface area contributed by atoms with Gasteiger partial charge in [0.2, 0.25) is 0 Å². The van der Waals surface area contributed by atoms with Crippen LogP contribution in [0, 0.1) is 21.3 Å². The molecule has 5 aliphatic rings. The molecule has 0 unspecified atom stereocenters. The van der Waals surface area contributed by atoms with Crippen LogP contribution in [0.1, 0.15) is 98.7 Å². The lowest BCUT2D eigenvalue weighted by Gasteiger charge is -2.56. The maximum absolute atomic E-state index is 17.0. The summed E-state index contributed by atoms with van der Waals surface area (Å²) in [5.74, 6) is -1.87. The standard InChI is InChI=1S/C45H48FN7O7S/c1-27(2)32-6-3-4-7-33(32)35-8-5-17-52(35)29-23-44(24-29)14-18-51(19-15-44)36-10-9-34(41(39(36)46)60-30-20-28-11-16-47-42(28)48-25-30)43(54)50-61(57,58)31-21-37(53(55)56)40-38(22-31)59-26-45(49-40)12-13-45/h3-4,6-7,9-11,16,20-22,25,27,29,35,49H,5,8,12-15,17-19,23-24,26H2,1-2H3,(H,47,48)(H,50,54)/t35-/m0/s1. The minimum Gasteiger partial charge on any atom is -0.489 e. The van der Waals surface area contributed by atoms with Gasteiger partial charge in [0.1, 0.15) is 18.0 Å². The number of ether oxygens (including phenoxy) is 2. The highest BCUT2D eigenvalue weighted by atomic mass is 32.2. The number of hydrogen-bond acceptors (Lipinski definition) is 11. The first kappa shape index (κ1) is 39.4. The van der Waals surface area contributed by atoms with Crippen LogP contribution in [-0.4, -0.2) is 71.9 Å². The number of pyridine rings is 1. The van der Waals surface area contributed by atoms with Crippen molar-refractivity contribution >= 4 is 44.0 Å². The van der Waals surface area contributed by atoms with Gasteiger partial charge in [-0.1, -0.05) is 38.1 Å². The van der Waals surface area contributed by atoms with Gasteiger partial charge in [-0.2, -0.15) is 0 Å². The van der Waals surface area contributed by atoms with Crippen molar-refractivity contribution in [3.8, 4) is 17.2 Å². The molecular weight excluding hydrogens is 802 g/mol. The number of H-pyrrole nitrogens is 1. The Labute approximate surface area is 353 Å². The molecule has 2 aromatic heterocycles. The van der Waals surface area contributed by atoms with E-state index in [1.807, 2.05) is 9.62 Å². The zero-order chi connectivity index (χ0) is 42.3. The fraction of sp³-hybridized carbons (Fsp3) is 0.422. The largest absolute Gasteiger partial charge is 0.489 e. The van der Waals surface area contributed by atoms with E-state index in [1.165, 1.54) is 42.3 Å². The molecule has 0 radical (unpaired) electrons. The maximum atomic E-state index is 17.0. The van der Waals surface area contributed by atoms with Crippen LogP contribution in [0.2, 0.25) is 0 Å². The number of rotatable bonds is 10. The van der Waals surface area contributed by atoms with Gasteiger partial charge in [-0.15, -0.1) is 0 Å². The number of amides is 1. The van der Waals surface area contributed by atoms with Gasteiger partial charge in [0.25, 0.3) is 21.6 Å². The molecule has 10 rings (SSSR count).